The van der Waals surface area contributed by atoms with Crippen LogP contribution >= 0.6 is 12.6 Å². The quantitative estimate of drug-likeness (QED) is 0.629. The van der Waals surface area contributed by atoms with Gasteiger partial charge in [0.15, 0.2) is 0 Å². The summed E-state index contributed by atoms with van der Waals surface area (Å²) in [6, 6.07) is 0. The van der Waals surface area contributed by atoms with Crippen LogP contribution in [-0.4, -0.2) is 41.0 Å². The molecule has 1 atom stereocenters. The molecular formula is C12H27NOS. The van der Waals surface area contributed by atoms with Crippen LogP contribution in [0.3, 0.4) is 0 Å². The molecular weight excluding hydrogens is 206 g/mol. The average molecular weight is 233 g/mol. The first-order valence-corrected chi connectivity index (χ1v) is 6.58. The number of likely N-dealkylation sites (N-methyl/N-ethyl adjacent to an activating group) is 1. The van der Waals surface area contributed by atoms with Crippen molar-refractivity contribution >= 4 is 12.6 Å². The van der Waals surface area contributed by atoms with Crippen molar-refractivity contribution in [2.24, 2.45) is 5.92 Å². The Kier molecular flexibility index (Phi) is 7.66. The van der Waals surface area contributed by atoms with E-state index in [0.717, 1.165) is 31.3 Å². The molecule has 1 N–H and O–H groups in total. The standard InChI is InChI=1S/C12H27NOS/c1-5-13(10-12(3,4)14)8-6-11(2)7-9-15/h11,14-15H,5-10H2,1-4H3. The molecule has 3 heteroatoms. The maximum atomic E-state index is 9.73. The lowest BCUT2D eigenvalue weighted by Gasteiger charge is -2.28. The topological polar surface area (TPSA) is 23.5 Å². The van der Waals surface area contributed by atoms with Gasteiger partial charge in [-0.3, -0.25) is 0 Å². The van der Waals surface area contributed by atoms with Crippen LogP contribution in [0, 0.1) is 5.92 Å². The third-order valence-electron chi connectivity index (χ3n) is 2.62. The van der Waals surface area contributed by atoms with E-state index in [1.165, 1.54) is 12.8 Å². The van der Waals surface area contributed by atoms with Crippen LogP contribution in [0.1, 0.15) is 40.5 Å². The molecule has 0 aliphatic carbocycles. The van der Waals surface area contributed by atoms with Crippen molar-refractivity contribution in [1.29, 1.82) is 0 Å². The fourth-order valence-corrected chi connectivity index (χ4v) is 2.10. The predicted octanol–water partition coefficient (Wildman–Crippen LogP) is 2.43. The number of rotatable bonds is 8. The number of aliphatic hydroxyl groups is 1. The lowest BCUT2D eigenvalue weighted by atomic mass is 10.0. The molecule has 0 fully saturated rings. The van der Waals surface area contributed by atoms with E-state index in [0.29, 0.717) is 0 Å². The molecule has 0 heterocycles. The highest BCUT2D eigenvalue weighted by Gasteiger charge is 2.17. The van der Waals surface area contributed by atoms with E-state index in [-0.39, 0.29) is 0 Å². The lowest BCUT2D eigenvalue weighted by Crippen LogP contribution is -2.39. The zero-order chi connectivity index (χ0) is 11.9. The number of hydrogen-bond donors (Lipinski definition) is 2. The SMILES string of the molecule is CCN(CCC(C)CCS)CC(C)(C)O. The van der Waals surface area contributed by atoms with Gasteiger partial charge in [0.05, 0.1) is 5.60 Å². The molecule has 0 bridgehead atoms. The largest absolute Gasteiger partial charge is 0.389 e. The Balaban J connectivity index is 3.80. The molecule has 0 amide bonds. The molecule has 1 unspecified atom stereocenters. The van der Waals surface area contributed by atoms with Gasteiger partial charge in [-0.15, -0.1) is 0 Å². The summed E-state index contributed by atoms with van der Waals surface area (Å²) in [6.07, 6.45) is 2.38. The minimum Gasteiger partial charge on any atom is -0.389 e. The highest BCUT2D eigenvalue weighted by Crippen LogP contribution is 2.11. The van der Waals surface area contributed by atoms with Crippen molar-refractivity contribution < 1.29 is 5.11 Å². The Labute approximate surface area is 100 Å². The highest BCUT2D eigenvalue weighted by atomic mass is 32.1. The Morgan fingerprint density at radius 3 is 2.33 bits per heavy atom. The first-order valence-electron chi connectivity index (χ1n) is 5.94. The molecule has 0 aliphatic rings. The van der Waals surface area contributed by atoms with Crippen molar-refractivity contribution in [1.82, 2.24) is 4.90 Å². The number of hydrogen-bond acceptors (Lipinski definition) is 3. The molecule has 0 saturated carbocycles. The molecule has 0 aromatic rings. The van der Waals surface area contributed by atoms with Crippen molar-refractivity contribution in [2.75, 3.05) is 25.4 Å². The summed E-state index contributed by atoms with van der Waals surface area (Å²) >= 11 is 4.24. The van der Waals surface area contributed by atoms with E-state index in [2.05, 4.69) is 31.4 Å². The van der Waals surface area contributed by atoms with Gasteiger partial charge in [-0.05, 0) is 51.4 Å². The van der Waals surface area contributed by atoms with E-state index >= 15 is 0 Å². The van der Waals surface area contributed by atoms with E-state index in [1.54, 1.807) is 0 Å². The normalized spacial score (nSPS) is 14.6. The van der Waals surface area contributed by atoms with E-state index in [1.807, 2.05) is 13.8 Å². The van der Waals surface area contributed by atoms with Gasteiger partial charge in [0.2, 0.25) is 0 Å². The summed E-state index contributed by atoms with van der Waals surface area (Å²) in [6.45, 7) is 11.0. The van der Waals surface area contributed by atoms with Gasteiger partial charge in [-0.25, -0.2) is 0 Å². The average Bonchev–Trinajstić information content (AvgIpc) is 2.11. The number of nitrogens with zero attached hydrogens (tertiary/aromatic N) is 1. The van der Waals surface area contributed by atoms with Crippen LogP contribution in [0.15, 0.2) is 0 Å². The van der Waals surface area contributed by atoms with Crippen LogP contribution in [0.25, 0.3) is 0 Å². The Morgan fingerprint density at radius 1 is 1.33 bits per heavy atom. The number of thiol groups is 1. The van der Waals surface area contributed by atoms with Crippen molar-refractivity contribution in [2.45, 2.75) is 46.1 Å². The van der Waals surface area contributed by atoms with Crippen LogP contribution < -0.4 is 0 Å². The Bertz CT molecular complexity index is 156. The zero-order valence-corrected chi connectivity index (χ0v) is 11.6. The Hall–Kier alpha value is 0.270. The fourth-order valence-electron chi connectivity index (χ4n) is 1.66. The minimum absolute atomic E-state index is 0.581. The molecule has 0 radical (unpaired) electrons. The predicted molar refractivity (Wildman–Crippen MR) is 70.7 cm³/mol. The maximum Gasteiger partial charge on any atom is 0.0718 e. The fraction of sp³-hybridized carbons (Fsp3) is 1.00. The second-order valence-electron chi connectivity index (χ2n) is 5.09. The van der Waals surface area contributed by atoms with E-state index < -0.39 is 5.60 Å². The second-order valence-corrected chi connectivity index (χ2v) is 5.53. The smallest absolute Gasteiger partial charge is 0.0718 e. The summed E-state index contributed by atoms with van der Waals surface area (Å²) in [5, 5.41) is 9.73. The van der Waals surface area contributed by atoms with E-state index in [9.17, 15) is 5.11 Å². The van der Waals surface area contributed by atoms with Gasteiger partial charge in [0.25, 0.3) is 0 Å². The summed E-state index contributed by atoms with van der Waals surface area (Å²) in [7, 11) is 0. The zero-order valence-electron chi connectivity index (χ0n) is 10.7. The molecule has 2 nitrogen and oxygen atoms in total. The Morgan fingerprint density at radius 2 is 1.93 bits per heavy atom. The van der Waals surface area contributed by atoms with Crippen LogP contribution in [0.4, 0.5) is 0 Å². The molecule has 0 spiro atoms. The third-order valence-corrected chi connectivity index (χ3v) is 2.88. The van der Waals surface area contributed by atoms with Crippen LogP contribution in [0.2, 0.25) is 0 Å². The van der Waals surface area contributed by atoms with Gasteiger partial charge in [0.1, 0.15) is 0 Å². The van der Waals surface area contributed by atoms with Gasteiger partial charge >= 0.3 is 0 Å². The van der Waals surface area contributed by atoms with Crippen molar-refractivity contribution in [3.8, 4) is 0 Å². The van der Waals surface area contributed by atoms with Crippen LogP contribution in [0.5, 0.6) is 0 Å². The third kappa shape index (κ3) is 9.21. The minimum atomic E-state index is -0.581. The molecule has 0 aliphatic heterocycles. The van der Waals surface area contributed by atoms with Crippen LogP contribution in [-0.2, 0) is 0 Å². The summed E-state index contributed by atoms with van der Waals surface area (Å²) < 4.78 is 0. The van der Waals surface area contributed by atoms with Crippen molar-refractivity contribution in [3.05, 3.63) is 0 Å². The van der Waals surface area contributed by atoms with Gasteiger partial charge in [-0.2, -0.15) is 12.6 Å². The summed E-state index contributed by atoms with van der Waals surface area (Å²) in [5.41, 5.74) is -0.581. The maximum absolute atomic E-state index is 9.73. The van der Waals surface area contributed by atoms with E-state index in [4.69, 9.17) is 0 Å². The first kappa shape index (κ1) is 15.3. The first-order chi connectivity index (χ1) is 6.89. The molecule has 0 aromatic heterocycles. The molecule has 0 aromatic carbocycles. The summed E-state index contributed by atoms with van der Waals surface area (Å²) in [4.78, 5) is 2.31. The monoisotopic (exact) mass is 233 g/mol. The van der Waals surface area contributed by atoms with Gasteiger partial charge in [0, 0.05) is 6.54 Å². The molecule has 0 saturated heterocycles. The van der Waals surface area contributed by atoms with Gasteiger partial charge in [-0.1, -0.05) is 13.8 Å². The summed E-state index contributed by atoms with van der Waals surface area (Å²) in [5.74, 6) is 1.71. The van der Waals surface area contributed by atoms with Crippen molar-refractivity contribution in [3.63, 3.8) is 0 Å². The van der Waals surface area contributed by atoms with Gasteiger partial charge < -0.3 is 10.0 Å². The second kappa shape index (κ2) is 7.53. The highest BCUT2D eigenvalue weighted by molar-refractivity contribution is 7.80. The molecule has 92 valence electrons. The molecule has 0 rings (SSSR count). The molecule has 15 heavy (non-hydrogen) atoms. The lowest BCUT2D eigenvalue weighted by molar-refractivity contribution is 0.0363.